The van der Waals surface area contributed by atoms with Gasteiger partial charge in [0.05, 0.1) is 14.2 Å². The van der Waals surface area contributed by atoms with Gasteiger partial charge in [-0.2, -0.15) is 0 Å². The minimum absolute atomic E-state index is 0.296. The lowest BCUT2D eigenvalue weighted by Crippen LogP contribution is -2.51. The highest BCUT2D eigenvalue weighted by Crippen LogP contribution is 2.57. The second kappa shape index (κ2) is 17.8. The number of methoxy groups -OCH3 is 2. The Kier molecular flexibility index (Phi) is 13.6. The number of nitrogens with zero attached hydrogens (tertiary/aromatic N) is 2. The van der Waals surface area contributed by atoms with Gasteiger partial charge in [-0.05, 0) is 73.9 Å². The van der Waals surface area contributed by atoms with E-state index in [0.29, 0.717) is 76.2 Å². The zero-order chi connectivity index (χ0) is 35.4. The molecule has 3 N–H and O–H groups in total. The number of benzene rings is 2. The van der Waals surface area contributed by atoms with Crippen molar-refractivity contribution in [1.82, 2.24) is 20.7 Å². The third-order valence-corrected chi connectivity index (χ3v) is 10.4. The van der Waals surface area contributed by atoms with Gasteiger partial charge in [-0.15, -0.1) is 0 Å². The average molecular weight is 703 g/mol. The van der Waals surface area contributed by atoms with E-state index in [9.17, 15) is 33.6 Å². The van der Waals surface area contributed by atoms with Crippen LogP contribution >= 0.6 is 7.60 Å². The summed E-state index contributed by atoms with van der Waals surface area (Å²) >= 11 is 0. The molecule has 2 aliphatic heterocycles. The van der Waals surface area contributed by atoms with Gasteiger partial charge in [0.15, 0.2) is 0 Å². The zero-order valence-corrected chi connectivity index (χ0v) is 28.5. The van der Waals surface area contributed by atoms with Gasteiger partial charge in [0.2, 0.25) is 11.8 Å². The number of carboxylic acid groups (broad SMARTS) is 1. The Bertz CT molecular complexity index is 1430. The third-order valence-electron chi connectivity index (χ3n) is 8.25. The molecule has 0 bridgehead atoms. The smallest absolute Gasteiger partial charge is 0.449 e. The maximum absolute atomic E-state index is 14.9. The number of carbonyl (C=O) groups excluding carboxylic acids is 4. The Balaban J connectivity index is 1.46. The van der Waals surface area contributed by atoms with Crippen molar-refractivity contribution in [2.45, 2.75) is 63.2 Å². The van der Waals surface area contributed by atoms with Gasteiger partial charge in [-0.25, -0.2) is 14.6 Å². The predicted molar refractivity (Wildman–Crippen MR) is 176 cm³/mol. The highest BCUT2D eigenvalue weighted by atomic mass is 31.2. The van der Waals surface area contributed by atoms with Crippen LogP contribution < -0.4 is 19.7 Å². The van der Waals surface area contributed by atoms with Gasteiger partial charge in [0.1, 0.15) is 36.2 Å². The van der Waals surface area contributed by atoms with Gasteiger partial charge >= 0.3 is 25.5 Å². The Labute approximate surface area is 284 Å². The quantitative estimate of drug-likeness (QED) is 0.124. The number of carbonyl (C=O) groups is 5. The van der Waals surface area contributed by atoms with E-state index in [0.717, 1.165) is 11.1 Å². The number of nitrogens with one attached hydrogen (secondary N) is 2. The average Bonchev–Trinajstić information content (AvgIpc) is 3.77. The van der Waals surface area contributed by atoms with E-state index in [4.69, 9.17) is 9.05 Å². The molecule has 266 valence electrons. The van der Waals surface area contributed by atoms with Crippen LogP contribution in [0.3, 0.4) is 0 Å². The van der Waals surface area contributed by atoms with Crippen LogP contribution in [0, 0.1) is 0 Å². The van der Waals surface area contributed by atoms with E-state index in [1.54, 1.807) is 53.5 Å². The molecule has 2 fully saturated rings. The monoisotopic (exact) mass is 702 g/mol. The molecule has 0 saturated carbocycles. The molecular formula is C33H43N4O11P. The molecule has 0 aromatic heterocycles. The molecule has 4 rings (SSSR count). The molecule has 2 heterocycles. The Morgan fingerprint density at radius 2 is 1.18 bits per heavy atom. The number of hydrogen-bond acceptors (Lipinski definition) is 12. The van der Waals surface area contributed by atoms with Gasteiger partial charge < -0.3 is 34.3 Å². The van der Waals surface area contributed by atoms with Gasteiger partial charge in [0.25, 0.3) is 0 Å². The second-order valence-electron chi connectivity index (χ2n) is 11.7. The summed E-state index contributed by atoms with van der Waals surface area (Å²) in [4.78, 5) is 58.3. The molecule has 2 aromatic rings. The van der Waals surface area contributed by atoms with Crippen molar-refractivity contribution in [3.63, 3.8) is 0 Å². The fourth-order valence-corrected chi connectivity index (χ4v) is 7.94. The standard InChI is InChI=1S/C33H43N4O11P/c1-45-31(40)21-28(38)34-17-15-23-7-11-25(12-8-23)47-49(44,30-6-4-20-37(30)36-19-3-5-27(36)33(42)43)48-26-13-9-24(10-14-26)16-18-35-29(39)22-32(41)46-2/h7-14,27,30H,3-6,15-22H2,1-2H3,(H,34,38)(H,35,39)(H,42,43)/t27-,30-/m0/s1. The van der Waals surface area contributed by atoms with Crippen molar-refractivity contribution in [3.8, 4) is 11.5 Å². The number of carboxylic acids is 1. The number of hydrogen-bond donors (Lipinski definition) is 3. The molecule has 2 atom stereocenters. The first-order chi connectivity index (χ1) is 23.5. The second-order valence-corrected chi connectivity index (χ2v) is 13.7. The van der Waals surface area contributed by atoms with Crippen molar-refractivity contribution >= 4 is 37.3 Å². The summed E-state index contributed by atoms with van der Waals surface area (Å²) in [5.41, 5.74) is 1.73. The van der Waals surface area contributed by atoms with E-state index in [-0.39, 0.29) is 12.8 Å². The van der Waals surface area contributed by atoms with E-state index in [2.05, 4.69) is 20.1 Å². The molecule has 2 aromatic carbocycles. The van der Waals surface area contributed by atoms with Crippen LogP contribution in [0.1, 0.15) is 49.7 Å². The van der Waals surface area contributed by atoms with Crippen LogP contribution in [0.5, 0.6) is 11.5 Å². The lowest BCUT2D eigenvalue weighted by molar-refractivity contribution is -0.150. The topological polar surface area (TPSA) is 190 Å². The summed E-state index contributed by atoms with van der Waals surface area (Å²) < 4.78 is 36.3. The summed E-state index contributed by atoms with van der Waals surface area (Å²) in [5.74, 6) is -3.20. The summed E-state index contributed by atoms with van der Waals surface area (Å²) in [5, 5.41) is 18.8. The normalized spacial score (nSPS) is 18.0. The van der Waals surface area contributed by atoms with Crippen molar-refractivity contribution in [1.29, 1.82) is 0 Å². The minimum atomic E-state index is -4.02. The lowest BCUT2D eigenvalue weighted by Gasteiger charge is -2.38. The summed E-state index contributed by atoms with van der Waals surface area (Å²) in [7, 11) is -1.59. The fourth-order valence-electron chi connectivity index (χ4n) is 5.76. The molecule has 15 nitrogen and oxygen atoms in total. The van der Waals surface area contributed by atoms with E-state index in [1.807, 2.05) is 5.01 Å². The van der Waals surface area contributed by atoms with Crippen LogP contribution in [-0.4, -0.2) is 97.1 Å². The van der Waals surface area contributed by atoms with E-state index in [1.165, 1.54) is 14.2 Å². The first kappa shape index (κ1) is 37.4. The highest BCUT2D eigenvalue weighted by Gasteiger charge is 2.50. The molecule has 0 spiro atoms. The zero-order valence-electron chi connectivity index (χ0n) is 27.6. The lowest BCUT2D eigenvalue weighted by atomic mass is 10.1. The summed E-state index contributed by atoms with van der Waals surface area (Å²) in [6, 6.07) is 13.0. The minimum Gasteiger partial charge on any atom is -0.480 e. The van der Waals surface area contributed by atoms with E-state index < -0.39 is 49.1 Å². The highest BCUT2D eigenvalue weighted by molar-refractivity contribution is 7.55. The Hall–Kier alpha value is -4.46. The van der Waals surface area contributed by atoms with Crippen molar-refractivity contribution in [3.05, 3.63) is 59.7 Å². The van der Waals surface area contributed by atoms with Gasteiger partial charge in [0, 0.05) is 26.2 Å². The first-order valence-corrected chi connectivity index (χ1v) is 17.7. The molecule has 49 heavy (non-hydrogen) atoms. The molecule has 0 unspecified atom stereocenters. The Morgan fingerprint density at radius 1 is 0.735 bits per heavy atom. The number of aliphatic carboxylic acids is 1. The molecule has 2 amide bonds. The van der Waals surface area contributed by atoms with Crippen LogP contribution in [0.15, 0.2) is 48.5 Å². The number of hydrazine groups is 1. The van der Waals surface area contributed by atoms with Crippen LogP contribution in [-0.2, 0) is 50.9 Å². The number of rotatable bonds is 17. The van der Waals surface area contributed by atoms with Gasteiger partial charge in [-0.3, -0.25) is 24.0 Å². The third kappa shape index (κ3) is 10.8. The largest absolute Gasteiger partial charge is 0.480 e. The first-order valence-electron chi connectivity index (χ1n) is 16.1. The molecule has 16 heteroatoms. The number of esters is 2. The van der Waals surface area contributed by atoms with Crippen LogP contribution in [0.2, 0.25) is 0 Å². The van der Waals surface area contributed by atoms with E-state index >= 15 is 0 Å². The SMILES string of the molecule is COC(=O)CC(=O)NCCc1ccc(OP(=O)(Oc2ccc(CCNC(=O)CC(=O)OC)cc2)[C@H]2CCCN2N2CCC[C@H]2C(=O)O)cc1. The van der Waals surface area contributed by atoms with Crippen molar-refractivity contribution < 1.29 is 52.2 Å². The maximum Gasteiger partial charge on any atom is 0.449 e. The molecule has 0 aliphatic carbocycles. The fraction of sp³-hybridized carbons (Fsp3) is 0.485. The van der Waals surface area contributed by atoms with Crippen LogP contribution in [0.25, 0.3) is 0 Å². The van der Waals surface area contributed by atoms with Gasteiger partial charge in [-0.1, -0.05) is 24.3 Å². The summed E-state index contributed by atoms with van der Waals surface area (Å²) in [6.07, 6.45) is 2.55. The maximum atomic E-state index is 14.9. The molecule has 2 aliphatic rings. The Morgan fingerprint density at radius 3 is 1.63 bits per heavy atom. The molecule has 0 radical (unpaired) electrons. The molecule has 2 saturated heterocycles. The summed E-state index contributed by atoms with van der Waals surface area (Å²) in [6.45, 7) is 1.62. The van der Waals surface area contributed by atoms with Crippen molar-refractivity contribution in [2.24, 2.45) is 0 Å². The predicted octanol–water partition coefficient (Wildman–Crippen LogP) is 2.67. The van der Waals surface area contributed by atoms with Crippen molar-refractivity contribution in [2.75, 3.05) is 40.4 Å². The number of ether oxygens (including phenoxy) is 2. The van der Waals surface area contributed by atoms with Crippen LogP contribution in [0.4, 0.5) is 0 Å². The number of amides is 2. The molecular weight excluding hydrogens is 659 g/mol.